The highest BCUT2D eigenvalue weighted by atomic mass is 16.3. The molecule has 4 nitrogen and oxygen atoms in total. The maximum absolute atomic E-state index is 9.94. The lowest BCUT2D eigenvalue weighted by molar-refractivity contribution is 0.199. The highest BCUT2D eigenvalue weighted by molar-refractivity contribution is 5.59. The predicted octanol–water partition coefficient (Wildman–Crippen LogP) is 2.35. The van der Waals surface area contributed by atoms with Crippen LogP contribution in [-0.4, -0.2) is 29.4 Å². The molecule has 1 aliphatic rings. The van der Waals surface area contributed by atoms with Gasteiger partial charge in [0.15, 0.2) is 0 Å². The molecule has 1 saturated heterocycles. The van der Waals surface area contributed by atoms with Crippen LogP contribution in [0.25, 0.3) is 0 Å². The van der Waals surface area contributed by atoms with Crippen LogP contribution in [0.4, 0.5) is 5.69 Å². The van der Waals surface area contributed by atoms with E-state index in [0.29, 0.717) is 11.6 Å². The van der Waals surface area contributed by atoms with Crippen molar-refractivity contribution in [1.82, 2.24) is 0 Å². The Kier molecular flexibility index (Phi) is 4.99. The Morgan fingerprint density at radius 2 is 2.30 bits per heavy atom. The lowest BCUT2D eigenvalue weighted by atomic mass is 10.0. The van der Waals surface area contributed by atoms with Crippen molar-refractivity contribution in [2.75, 3.05) is 18.1 Å². The first-order chi connectivity index (χ1) is 9.67. The van der Waals surface area contributed by atoms with E-state index in [1.807, 2.05) is 12.1 Å². The molecule has 1 unspecified atom stereocenters. The Hall–Kier alpha value is -1.57. The Labute approximate surface area is 120 Å². The molecular formula is C16H22N2O2. The normalized spacial score (nSPS) is 19.9. The first kappa shape index (κ1) is 14.8. The van der Waals surface area contributed by atoms with Crippen molar-refractivity contribution in [3.63, 3.8) is 0 Å². The first-order valence-electron chi connectivity index (χ1n) is 7.27. The topological polar surface area (TPSA) is 67.5 Å². The van der Waals surface area contributed by atoms with E-state index in [4.69, 9.17) is 10.4 Å². The monoisotopic (exact) mass is 274 g/mol. The summed E-state index contributed by atoms with van der Waals surface area (Å²) in [7, 11) is 0. The smallest absolute Gasteiger partial charge is 0.0992 e. The molecule has 1 aromatic carbocycles. The fourth-order valence-electron chi connectivity index (χ4n) is 3.00. The van der Waals surface area contributed by atoms with E-state index < -0.39 is 6.10 Å². The third kappa shape index (κ3) is 3.12. The van der Waals surface area contributed by atoms with E-state index in [9.17, 15) is 5.11 Å². The zero-order chi connectivity index (χ0) is 14.5. The van der Waals surface area contributed by atoms with E-state index in [0.717, 1.165) is 43.5 Å². The van der Waals surface area contributed by atoms with Gasteiger partial charge in [0.1, 0.15) is 0 Å². The number of hydrogen-bond donors (Lipinski definition) is 2. The number of hydrogen-bond acceptors (Lipinski definition) is 4. The summed E-state index contributed by atoms with van der Waals surface area (Å²) in [5.74, 6) is 0. The Morgan fingerprint density at radius 1 is 1.50 bits per heavy atom. The molecule has 0 radical (unpaired) electrons. The quantitative estimate of drug-likeness (QED) is 0.865. The van der Waals surface area contributed by atoms with Gasteiger partial charge < -0.3 is 15.1 Å². The Balaban J connectivity index is 2.31. The first-order valence-corrected chi connectivity index (χ1v) is 7.27. The highest BCUT2D eigenvalue weighted by Gasteiger charge is 2.27. The van der Waals surface area contributed by atoms with Crippen molar-refractivity contribution in [2.24, 2.45) is 0 Å². The molecule has 0 spiro atoms. The number of nitriles is 1. The summed E-state index contributed by atoms with van der Waals surface area (Å²) in [6.07, 6.45) is 3.43. The highest BCUT2D eigenvalue weighted by Crippen LogP contribution is 2.34. The molecule has 2 N–H and O–H groups in total. The summed E-state index contributed by atoms with van der Waals surface area (Å²) >= 11 is 0. The van der Waals surface area contributed by atoms with Crippen molar-refractivity contribution in [3.8, 4) is 6.07 Å². The number of nitrogens with zero attached hydrogens (tertiary/aromatic N) is 2. The van der Waals surface area contributed by atoms with Crippen LogP contribution in [0, 0.1) is 11.3 Å². The molecule has 4 heteroatoms. The van der Waals surface area contributed by atoms with Crippen molar-refractivity contribution in [1.29, 1.82) is 5.26 Å². The van der Waals surface area contributed by atoms with Crippen molar-refractivity contribution in [2.45, 2.75) is 44.8 Å². The van der Waals surface area contributed by atoms with E-state index >= 15 is 0 Å². The molecule has 0 bridgehead atoms. The molecular weight excluding hydrogens is 252 g/mol. The summed E-state index contributed by atoms with van der Waals surface area (Å²) < 4.78 is 0. The zero-order valence-corrected chi connectivity index (χ0v) is 11.9. The largest absolute Gasteiger partial charge is 0.396 e. The van der Waals surface area contributed by atoms with E-state index in [1.54, 1.807) is 13.0 Å². The minimum absolute atomic E-state index is 0.214. The second-order valence-electron chi connectivity index (χ2n) is 5.42. The SMILES string of the molecule is C[C@H](O)c1ccc(C#N)cc1N1CCCC1CCCO. The predicted molar refractivity (Wildman–Crippen MR) is 78.5 cm³/mol. The van der Waals surface area contributed by atoms with Gasteiger partial charge in [-0.05, 0) is 44.7 Å². The van der Waals surface area contributed by atoms with Crippen molar-refractivity contribution in [3.05, 3.63) is 29.3 Å². The van der Waals surface area contributed by atoms with Crippen LogP contribution in [0.2, 0.25) is 0 Å². The van der Waals surface area contributed by atoms with Crippen molar-refractivity contribution < 1.29 is 10.2 Å². The molecule has 1 fully saturated rings. The zero-order valence-electron chi connectivity index (χ0n) is 11.9. The lowest BCUT2D eigenvalue weighted by Crippen LogP contribution is -2.30. The van der Waals surface area contributed by atoms with Crippen LogP contribution < -0.4 is 4.90 Å². The summed E-state index contributed by atoms with van der Waals surface area (Å²) in [5.41, 5.74) is 2.47. The van der Waals surface area contributed by atoms with Gasteiger partial charge in [-0.1, -0.05) is 6.07 Å². The molecule has 1 heterocycles. The summed E-state index contributed by atoms with van der Waals surface area (Å²) in [5, 5.41) is 28.0. The fourth-order valence-corrected chi connectivity index (χ4v) is 3.00. The molecule has 0 aromatic heterocycles. The minimum atomic E-state index is -0.545. The number of aliphatic hydroxyl groups excluding tert-OH is 2. The van der Waals surface area contributed by atoms with Crippen LogP contribution in [0.15, 0.2) is 18.2 Å². The molecule has 20 heavy (non-hydrogen) atoms. The van der Waals surface area contributed by atoms with E-state index in [-0.39, 0.29) is 6.61 Å². The number of anilines is 1. The molecule has 0 aliphatic carbocycles. The summed E-state index contributed by atoms with van der Waals surface area (Å²) in [4.78, 5) is 2.29. The maximum Gasteiger partial charge on any atom is 0.0992 e. The van der Waals surface area contributed by atoms with Gasteiger partial charge in [-0.15, -0.1) is 0 Å². The van der Waals surface area contributed by atoms with Crippen molar-refractivity contribution >= 4 is 5.69 Å². The molecule has 108 valence electrons. The molecule has 0 saturated carbocycles. The van der Waals surface area contributed by atoms with Gasteiger partial charge >= 0.3 is 0 Å². The van der Waals surface area contributed by atoms with Crippen LogP contribution in [0.3, 0.4) is 0 Å². The Morgan fingerprint density at radius 3 is 2.95 bits per heavy atom. The standard InChI is InChI=1S/C16H22N2O2/c1-12(20)15-7-6-13(11-17)10-16(15)18-8-2-4-14(18)5-3-9-19/h6-7,10,12,14,19-20H,2-5,8-9H2,1H3/t12-,14?/m0/s1. The molecule has 1 aromatic rings. The van der Waals surface area contributed by atoms with Gasteiger partial charge in [0.2, 0.25) is 0 Å². The number of rotatable bonds is 5. The van der Waals surface area contributed by atoms with Crippen LogP contribution in [-0.2, 0) is 0 Å². The summed E-state index contributed by atoms with van der Waals surface area (Å²) in [6.45, 7) is 2.92. The van der Waals surface area contributed by atoms with E-state index in [2.05, 4.69) is 11.0 Å². The second-order valence-corrected chi connectivity index (χ2v) is 5.42. The molecule has 2 atom stereocenters. The number of aliphatic hydroxyl groups is 2. The second kappa shape index (κ2) is 6.74. The lowest BCUT2D eigenvalue weighted by Gasteiger charge is -2.29. The molecule has 0 amide bonds. The van der Waals surface area contributed by atoms with Gasteiger partial charge in [0.05, 0.1) is 17.7 Å². The van der Waals surface area contributed by atoms with Gasteiger partial charge in [-0.3, -0.25) is 0 Å². The third-order valence-corrected chi connectivity index (χ3v) is 3.99. The van der Waals surface area contributed by atoms with E-state index in [1.165, 1.54) is 0 Å². The third-order valence-electron chi connectivity index (χ3n) is 3.99. The van der Waals surface area contributed by atoms with Crippen LogP contribution >= 0.6 is 0 Å². The van der Waals surface area contributed by atoms with Gasteiger partial charge in [-0.2, -0.15) is 5.26 Å². The molecule has 1 aliphatic heterocycles. The average molecular weight is 274 g/mol. The molecule has 2 rings (SSSR count). The summed E-state index contributed by atoms with van der Waals surface area (Å²) in [6, 6.07) is 8.04. The number of benzene rings is 1. The minimum Gasteiger partial charge on any atom is -0.396 e. The average Bonchev–Trinajstić information content (AvgIpc) is 2.92. The van der Waals surface area contributed by atoms with Crippen LogP contribution in [0.5, 0.6) is 0 Å². The van der Waals surface area contributed by atoms with Gasteiger partial charge in [-0.25, -0.2) is 0 Å². The Bertz CT molecular complexity index is 494. The van der Waals surface area contributed by atoms with Gasteiger partial charge in [0, 0.05) is 30.4 Å². The van der Waals surface area contributed by atoms with Gasteiger partial charge in [0.25, 0.3) is 0 Å². The fraction of sp³-hybridized carbons (Fsp3) is 0.562. The van der Waals surface area contributed by atoms with Crippen LogP contribution in [0.1, 0.15) is 49.8 Å². The maximum atomic E-state index is 9.94.